The average Bonchev–Trinajstić information content (AvgIpc) is 2.56. The van der Waals surface area contributed by atoms with Crippen molar-refractivity contribution in [3.8, 4) is 0 Å². The Kier molecular flexibility index (Phi) is 5.94. The molecule has 0 radical (unpaired) electrons. The van der Waals surface area contributed by atoms with Crippen LogP contribution in [0.1, 0.15) is 43.7 Å². The van der Waals surface area contributed by atoms with Gasteiger partial charge in [-0.3, -0.25) is 14.5 Å². The van der Waals surface area contributed by atoms with E-state index in [0.717, 1.165) is 19.3 Å². The lowest BCUT2D eigenvalue weighted by molar-refractivity contribution is -0.137. The van der Waals surface area contributed by atoms with Gasteiger partial charge in [0.05, 0.1) is 0 Å². The highest BCUT2D eigenvalue weighted by atomic mass is 19.1. The summed E-state index contributed by atoms with van der Waals surface area (Å²) >= 11 is 0. The van der Waals surface area contributed by atoms with Gasteiger partial charge in [0.1, 0.15) is 17.4 Å². The summed E-state index contributed by atoms with van der Waals surface area (Å²) in [7, 11) is 5.18. The Morgan fingerprint density at radius 3 is 2.21 bits per heavy atom. The lowest BCUT2D eigenvalue weighted by Gasteiger charge is -2.38. The Labute approximate surface area is 142 Å². The fourth-order valence-corrected chi connectivity index (χ4v) is 3.44. The molecule has 1 fully saturated rings. The van der Waals surface area contributed by atoms with Crippen molar-refractivity contribution in [3.05, 3.63) is 35.6 Å². The molecule has 1 aliphatic rings. The molecule has 0 aromatic heterocycles. The molecular formula is C18H26FN3O2. The number of nitrogens with one attached hydrogen (secondary N) is 2. The van der Waals surface area contributed by atoms with E-state index in [4.69, 9.17) is 0 Å². The maximum Gasteiger partial charge on any atom is 0.245 e. The molecule has 1 saturated carbocycles. The number of halogens is 1. The molecule has 6 heteroatoms. The van der Waals surface area contributed by atoms with E-state index in [1.165, 1.54) is 12.1 Å². The molecule has 1 atom stereocenters. The largest absolute Gasteiger partial charge is 0.357 e. The van der Waals surface area contributed by atoms with Gasteiger partial charge in [-0.05, 0) is 44.6 Å². The van der Waals surface area contributed by atoms with Crippen molar-refractivity contribution in [2.75, 3.05) is 21.1 Å². The molecule has 1 aromatic rings. The zero-order valence-electron chi connectivity index (χ0n) is 14.6. The van der Waals surface area contributed by atoms with Crippen LogP contribution in [0.5, 0.6) is 0 Å². The van der Waals surface area contributed by atoms with E-state index < -0.39 is 11.6 Å². The van der Waals surface area contributed by atoms with E-state index >= 15 is 0 Å². The summed E-state index contributed by atoms with van der Waals surface area (Å²) in [5.74, 6) is -0.727. The number of hydrogen-bond acceptors (Lipinski definition) is 3. The lowest BCUT2D eigenvalue weighted by Crippen LogP contribution is -2.60. The first-order valence-electron chi connectivity index (χ1n) is 8.36. The Morgan fingerprint density at radius 1 is 1.12 bits per heavy atom. The minimum atomic E-state index is -0.849. The van der Waals surface area contributed by atoms with Gasteiger partial charge < -0.3 is 10.6 Å². The van der Waals surface area contributed by atoms with E-state index in [9.17, 15) is 14.0 Å². The van der Waals surface area contributed by atoms with Crippen molar-refractivity contribution in [1.82, 2.24) is 15.5 Å². The third kappa shape index (κ3) is 3.93. The number of hydrogen-bond donors (Lipinski definition) is 2. The zero-order valence-corrected chi connectivity index (χ0v) is 14.6. The first-order chi connectivity index (χ1) is 11.4. The molecule has 0 aliphatic heterocycles. The lowest BCUT2D eigenvalue weighted by atomic mass is 9.80. The predicted molar refractivity (Wildman–Crippen MR) is 90.9 cm³/mol. The van der Waals surface area contributed by atoms with Gasteiger partial charge in [0, 0.05) is 7.05 Å². The molecule has 24 heavy (non-hydrogen) atoms. The number of carbonyl (C=O) groups excluding carboxylic acids is 2. The highest BCUT2D eigenvalue weighted by Gasteiger charge is 2.41. The Morgan fingerprint density at radius 2 is 1.71 bits per heavy atom. The Hall–Kier alpha value is -1.95. The predicted octanol–water partition coefficient (Wildman–Crippen LogP) is 1.99. The molecule has 2 N–H and O–H groups in total. The molecule has 5 nitrogen and oxygen atoms in total. The number of nitrogens with zero attached hydrogens (tertiary/aromatic N) is 1. The number of benzene rings is 1. The maximum absolute atomic E-state index is 13.2. The van der Waals surface area contributed by atoms with Gasteiger partial charge in [-0.15, -0.1) is 0 Å². The minimum Gasteiger partial charge on any atom is -0.357 e. The van der Waals surface area contributed by atoms with Crippen molar-refractivity contribution < 1.29 is 14.0 Å². The average molecular weight is 335 g/mol. The highest BCUT2D eigenvalue weighted by molar-refractivity contribution is 5.93. The molecule has 0 saturated heterocycles. The Balaban J connectivity index is 2.25. The van der Waals surface area contributed by atoms with Crippen molar-refractivity contribution in [2.24, 2.45) is 0 Å². The van der Waals surface area contributed by atoms with Crippen LogP contribution >= 0.6 is 0 Å². The third-order valence-corrected chi connectivity index (χ3v) is 4.68. The van der Waals surface area contributed by atoms with Crippen LogP contribution in [0, 0.1) is 5.82 Å². The van der Waals surface area contributed by atoms with E-state index in [1.54, 1.807) is 38.2 Å². The second-order valence-electron chi connectivity index (χ2n) is 6.63. The molecule has 2 amide bonds. The van der Waals surface area contributed by atoms with Gasteiger partial charge in [-0.2, -0.15) is 0 Å². The van der Waals surface area contributed by atoms with Crippen LogP contribution in [0.25, 0.3) is 0 Å². The summed E-state index contributed by atoms with van der Waals surface area (Å²) in [6.45, 7) is 0. The fraction of sp³-hybridized carbons (Fsp3) is 0.556. The molecule has 2 rings (SSSR count). The van der Waals surface area contributed by atoms with Crippen molar-refractivity contribution in [3.63, 3.8) is 0 Å². The van der Waals surface area contributed by atoms with Crippen LogP contribution in [0.4, 0.5) is 4.39 Å². The van der Waals surface area contributed by atoms with Gasteiger partial charge in [0.2, 0.25) is 11.8 Å². The van der Waals surface area contributed by atoms with Crippen LogP contribution in [-0.2, 0) is 9.59 Å². The molecule has 0 bridgehead atoms. The SMILES string of the molecule is CNC(=O)C1(NC(=O)[C@@H](c2ccc(F)cc2)N(C)C)CCCCC1. The van der Waals surface area contributed by atoms with Gasteiger partial charge in [-0.1, -0.05) is 31.4 Å². The van der Waals surface area contributed by atoms with Gasteiger partial charge in [0.25, 0.3) is 0 Å². The summed E-state index contributed by atoms with van der Waals surface area (Å²) in [6, 6.07) is 5.32. The molecular weight excluding hydrogens is 309 g/mol. The van der Waals surface area contributed by atoms with Crippen LogP contribution in [0.3, 0.4) is 0 Å². The van der Waals surface area contributed by atoms with E-state index in [1.807, 2.05) is 0 Å². The van der Waals surface area contributed by atoms with Crippen LogP contribution in [0.15, 0.2) is 24.3 Å². The molecule has 0 unspecified atom stereocenters. The molecule has 0 heterocycles. The van der Waals surface area contributed by atoms with Crippen LogP contribution in [-0.4, -0.2) is 43.4 Å². The summed E-state index contributed by atoms with van der Waals surface area (Å²) in [4.78, 5) is 27.1. The number of amides is 2. The zero-order chi connectivity index (χ0) is 17.7. The standard InChI is InChI=1S/C18H26FN3O2/c1-20-17(24)18(11-5-4-6-12-18)21-16(23)15(22(2)3)13-7-9-14(19)10-8-13/h7-10,15H,4-6,11-12H2,1-3H3,(H,20,24)(H,21,23)/t15-/m1/s1. The second-order valence-corrected chi connectivity index (χ2v) is 6.63. The quantitative estimate of drug-likeness (QED) is 0.865. The summed E-state index contributed by atoms with van der Waals surface area (Å²) in [5.41, 5.74) is -0.153. The maximum atomic E-state index is 13.2. The van der Waals surface area contributed by atoms with Crippen LogP contribution in [0.2, 0.25) is 0 Å². The number of carbonyl (C=O) groups is 2. The minimum absolute atomic E-state index is 0.146. The van der Waals surface area contributed by atoms with Crippen molar-refractivity contribution in [1.29, 1.82) is 0 Å². The number of rotatable bonds is 5. The summed E-state index contributed by atoms with van der Waals surface area (Å²) < 4.78 is 13.2. The topological polar surface area (TPSA) is 61.4 Å². The third-order valence-electron chi connectivity index (χ3n) is 4.68. The van der Waals surface area contributed by atoms with E-state index in [0.29, 0.717) is 18.4 Å². The first kappa shape index (κ1) is 18.4. The number of likely N-dealkylation sites (N-methyl/N-ethyl adjacent to an activating group) is 2. The highest BCUT2D eigenvalue weighted by Crippen LogP contribution is 2.30. The first-order valence-corrected chi connectivity index (χ1v) is 8.36. The molecule has 132 valence electrons. The molecule has 1 aliphatic carbocycles. The van der Waals surface area contributed by atoms with E-state index in [2.05, 4.69) is 10.6 Å². The normalized spacial score (nSPS) is 18.0. The monoisotopic (exact) mass is 335 g/mol. The molecule has 1 aromatic carbocycles. The van der Waals surface area contributed by atoms with Gasteiger partial charge in [-0.25, -0.2) is 4.39 Å². The van der Waals surface area contributed by atoms with E-state index in [-0.39, 0.29) is 17.6 Å². The Bertz CT molecular complexity index is 580. The van der Waals surface area contributed by atoms with Gasteiger partial charge in [0.15, 0.2) is 0 Å². The van der Waals surface area contributed by atoms with Crippen LogP contribution < -0.4 is 10.6 Å². The van der Waals surface area contributed by atoms with Crippen molar-refractivity contribution in [2.45, 2.75) is 43.7 Å². The fourth-order valence-electron chi connectivity index (χ4n) is 3.44. The van der Waals surface area contributed by atoms with Crippen molar-refractivity contribution >= 4 is 11.8 Å². The summed E-state index contributed by atoms with van der Waals surface area (Å²) in [5, 5.41) is 5.67. The molecule has 0 spiro atoms. The summed E-state index contributed by atoms with van der Waals surface area (Å²) in [6.07, 6.45) is 4.18. The van der Waals surface area contributed by atoms with Gasteiger partial charge >= 0.3 is 0 Å². The second kappa shape index (κ2) is 7.75. The smallest absolute Gasteiger partial charge is 0.245 e.